The van der Waals surface area contributed by atoms with Crippen LogP contribution in [0, 0.1) is 24.0 Å². The van der Waals surface area contributed by atoms with E-state index >= 15 is 0 Å². The van der Waals surface area contributed by atoms with Gasteiger partial charge in [0.15, 0.2) is 5.82 Å². The van der Waals surface area contributed by atoms with Crippen LogP contribution in [-0.2, 0) is 11.3 Å². The van der Waals surface area contributed by atoms with Gasteiger partial charge >= 0.3 is 17.5 Å². The molecule has 30 heavy (non-hydrogen) atoms. The number of nitro groups is 1. The maximum absolute atomic E-state index is 12.1. The van der Waals surface area contributed by atoms with E-state index in [1.807, 2.05) is 0 Å². The fourth-order valence-corrected chi connectivity index (χ4v) is 3.60. The van der Waals surface area contributed by atoms with Crippen molar-refractivity contribution in [2.24, 2.45) is 0 Å². The van der Waals surface area contributed by atoms with Crippen LogP contribution < -0.4 is 10.6 Å². The highest BCUT2D eigenvalue weighted by atomic mass is 16.6. The first-order chi connectivity index (χ1) is 14.4. The summed E-state index contributed by atoms with van der Waals surface area (Å²) in [6, 6.07) is 0. The van der Waals surface area contributed by atoms with Gasteiger partial charge < -0.3 is 15.2 Å². The molecule has 0 radical (unpaired) electrons. The number of rotatable bonds is 8. The fraction of sp³-hybridized carbons (Fsp3) is 0.611. The van der Waals surface area contributed by atoms with Gasteiger partial charge in [0, 0.05) is 19.0 Å². The molecule has 2 amide bonds. The predicted molar refractivity (Wildman–Crippen MR) is 104 cm³/mol. The molecule has 1 saturated carbocycles. The van der Waals surface area contributed by atoms with E-state index in [2.05, 4.69) is 25.9 Å². The molecule has 12 nitrogen and oxygen atoms in total. The summed E-state index contributed by atoms with van der Waals surface area (Å²) in [5.74, 6) is -0.132. The van der Waals surface area contributed by atoms with Crippen LogP contribution in [0.3, 0.4) is 0 Å². The van der Waals surface area contributed by atoms with Crippen LogP contribution in [-0.4, -0.2) is 49.7 Å². The van der Waals surface area contributed by atoms with Crippen LogP contribution in [0.4, 0.5) is 5.69 Å². The monoisotopic (exact) mass is 419 g/mol. The Bertz CT molecular complexity index is 930. The molecular formula is C18H25N7O5. The van der Waals surface area contributed by atoms with Gasteiger partial charge in [-0.3, -0.25) is 24.4 Å². The van der Waals surface area contributed by atoms with Gasteiger partial charge in [0.05, 0.1) is 4.92 Å². The van der Waals surface area contributed by atoms with Gasteiger partial charge in [0.1, 0.15) is 17.9 Å². The third-order valence-corrected chi connectivity index (χ3v) is 5.16. The van der Waals surface area contributed by atoms with Gasteiger partial charge in [-0.25, -0.2) is 0 Å². The molecule has 0 spiro atoms. The second-order valence-electron chi connectivity index (χ2n) is 7.33. The summed E-state index contributed by atoms with van der Waals surface area (Å²) in [5, 5.41) is 24.2. The number of aromatic nitrogens is 4. The zero-order chi connectivity index (χ0) is 21.7. The summed E-state index contributed by atoms with van der Waals surface area (Å²) in [6.45, 7) is 3.26. The topological polar surface area (TPSA) is 158 Å². The third-order valence-electron chi connectivity index (χ3n) is 5.16. The molecule has 162 valence electrons. The SMILES string of the molecule is Cc1nn(CC(=O)NCCNC(=O)c2nc(C3CCCCC3)no2)c(C)c1[N+](=O)[O-]. The smallest absolute Gasteiger partial charge is 0.315 e. The molecule has 3 rings (SSSR count). The molecule has 0 unspecified atom stereocenters. The number of amides is 2. The summed E-state index contributed by atoms with van der Waals surface area (Å²) in [6.07, 6.45) is 5.48. The maximum Gasteiger partial charge on any atom is 0.315 e. The third kappa shape index (κ3) is 4.99. The van der Waals surface area contributed by atoms with E-state index in [0.717, 1.165) is 25.7 Å². The van der Waals surface area contributed by atoms with Gasteiger partial charge in [-0.05, 0) is 26.7 Å². The van der Waals surface area contributed by atoms with Crippen LogP contribution >= 0.6 is 0 Å². The van der Waals surface area contributed by atoms with E-state index in [9.17, 15) is 19.7 Å². The lowest BCUT2D eigenvalue weighted by molar-refractivity contribution is -0.386. The van der Waals surface area contributed by atoms with Gasteiger partial charge in [0.25, 0.3) is 0 Å². The van der Waals surface area contributed by atoms with Crippen LogP contribution in [0.1, 0.15) is 65.9 Å². The molecule has 0 atom stereocenters. The number of carbonyl (C=O) groups excluding carboxylic acids is 2. The van der Waals surface area contributed by atoms with Crippen molar-refractivity contribution in [1.82, 2.24) is 30.6 Å². The zero-order valence-corrected chi connectivity index (χ0v) is 17.0. The largest absolute Gasteiger partial charge is 0.353 e. The van der Waals surface area contributed by atoms with Crippen molar-refractivity contribution in [2.75, 3.05) is 13.1 Å². The van der Waals surface area contributed by atoms with E-state index in [1.165, 1.54) is 25.0 Å². The summed E-state index contributed by atoms with van der Waals surface area (Å²) < 4.78 is 6.34. The van der Waals surface area contributed by atoms with E-state index in [-0.39, 0.29) is 48.7 Å². The number of hydrogen-bond acceptors (Lipinski definition) is 8. The Hall–Kier alpha value is -3.31. The molecule has 0 aromatic carbocycles. The number of hydrogen-bond donors (Lipinski definition) is 2. The minimum atomic E-state index is -0.515. The van der Waals surface area contributed by atoms with Gasteiger partial charge in [-0.1, -0.05) is 24.4 Å². The summed E-state index contributed by atoms with van der Waals surface area (Å²) >= 11 is 0. The first-order valence-corrected chi connectivity index (χ1v) is 9.93. The molecule has 12 heteroatoms. The number of nitrogens with zero attached hydrogens (tertiary/aromatic N) is 5. The van der Waals surface area contributed by atoms with Crippen molar-refractivity contribution in [2.45, 2.75) is 58.4 Å². The average molecular weight is 419 g/mol. The van der Waals surface area contributed by atoms with Crippen molar-refractivity contribution in [3.63, 3.8) is 0 Å². The quantitative estimate of drug-likeness (QED) is 0.369. The number of nitrogens with one attached hydrogen (secondary N) is 2. The lowest BCUT2D eigenvalue weighted by Crippen LogP contribution is -2.36. The highest BCUT2D eigenvalue weighted by molar-refractivity contribution is 5.89. The molecule has 0 bridgehead atoms. The molecule has 2 heterocycles. The number of carbonyl (C=O) groups is 2. The molecule has 2 aromatic heterocycles. The van der Waals surface area contributed by atoms with Gasteiger partial charge in [-0.2, -0.15) is 10.1 Å². The van der Waals surface area contributed by atoms with E-state index in [1.54, 1.807) is 0 Å². The normalized spacial score (nSPS) is 14.5. The Morgan fingerprint density at radius 3 is 2.57 bits per heavy atom. The molecule has 1 fully saturated rings. The van der Waals surface area contributed by atoms with Crippen molar-refractivity contribution >= 4 is 17.5 Å². The summed E-state index contributed by atoms with van der Waals surface area (Å²) in [7, 11) is 0. The van der Waals surface area contributed by atoms with Gasteiger partial charge in [0.2, 0.25) is 5.91 Å². The fourth-order valence-electron chi connectivity index (χ4n) is 3.60. The van der Waals surface area contributed by atoms with Crippen molar-refractivity contribution in [1.29, 1.82) is 0 Å². The van der Waals surface area contributed by atoms with Crippen molar-refractivity contribution in [3.05, 3.63) is 33.2 Å². The second-order valence-corrected chi connectivity index (χ2v) is 7.33. The Labute approximate surface area is 172 Å². The second kappa shape index (κ2) is 9.46. The van der Waals surface area contributed by atoms with E-state index in [4.69, 9.17) is 4.52 Å². The molecule has 0 saturated heterocycles. The lowest BCUT2D eigenvalue weighted by Gasteiger charge is -2.17. The Balaban J connectivity index is 1.42. The Morgan fingerprint density at radius 1 is 1.20 bits per heavy atom. The minimum absolute atomic E-state index is 0.0862. The van der Waals surface area contributed by atoms with Crippen LogP contribution in [0.15, 0.2) is 4.52 Å². The minimum Gasteiger partial charge on any atom is -0.353 e. The average Bonchev–Trinajstić information content (AvgIpc) is 3.31. The van der Waals surface area contributed by atoms with Crippen LogP contribution in [0.2, 0.25) is 0 Å². The molecule has 0 aliphatic heterocycles. The predicted octanol–water partition coefficient (Wildman–Crippen LogP) is 1.39. The lowest BCUT2D eigenvalue weighted by atomic mass is 9.89. The number of aryl methyl sites for hydroxylation is 1. The highest BCUT2D eigenvalue weighted by Crippen LogP contribution is 2.30. The van der Waals surface area contributed by atoms with Crippen molar-refractivity contribution < 1.29 is 19.0 Å². The van der Waals surface area contributed by atoms with Crippen LogP contribution in [0.5, 0.6) is 0 Å². The molecule has 2 N–H and O–H groups in total. The van der Waals surface area contributed by atoms with Crippen LogP contribution in [0.25, 0.3) is 0 Å². The molecule has 1 aliphatic rings. The Morgan fingerprint density at radius 2 is 1.90 bits per heavy atom. The standard InChI is InChI=1S/C18H25N7O5/c1-11-15(25(28)29)12(2)24(22-11)10-14(26)19-8-9-20-17(27)18-21-16(23-30-18)13-6-4-3-5-7-13/h13H,3-10H2,1-2H3,(H,19,26)(H,20,27). The zero-order valence-electron chi connectivity index (χ0n) is 17.0. The maximum atomic E-state index is 12.1. The summed E-state index contributed by atoms with van der Waals surface area (Å²) in [4.78, 5) is 38.9. The van der Waals surface area contributed by atoms with Gasteiger partial charge in [-0.15, -0.1) is 0 Å². The summed E-state index contributed by atoms with van der Waals surface area (Å²) in [5.41, 5.74) is 0.470. The van der Waals surface area contributed by atoms with Crippen molar-refractivity contribution in [3.8, 4) is 0 Å². The molecule has 2 aromatic rings. The van der Waals surface area contributed by atoms with E-state index < -0.39 is 10.8 Å². The molecule has 1 aliphatic carbocycles. The first-order valence-electron chi connectivity index (χ1n) is 9.93. The molecular weight excluding hydrogens is 394 g/mol. The highest BCUT2D eigenvalue weighted by Gasteiger charge is 2.24. The van der Waals surface area contributed by atoms with E-state index in [0.29, 0.717) is 11.5 Å². The Kier molecular flexibility index (Phi) is 6.75. The first kappa shape index (κ1) is 21.4.